The van der Waals surface area contributed by atoms with Crippen molar-refractivity contribution >= 4 is 29.3 Å². The highest BCUT2D eigenvalue weighted by Crippen LogP contribution is 2.23. The second-order valence-corrected chi connectivity index (χ2v) is 8.63. The lowest BCUT2D eigenvalue weighted by Crippen LogP contribution is -2.15. The molecule has 0 fully saturated rings. The first-order valence-corrected chi connectivity index (χ1v) is 12.2. The zero-order valence-corrected chi connectivity index (χ0v) is 20.8. The van der Waals surface area contributed by atoms with Gasteiger partial charge in [0.2, 0.25) is 5.91 Å². The number of hydrogen-bond acceptors (Lipinski definition) is 7. The fourth-order valence-electron chi connectivity index (χ4n) is 3.20. The van der Waals surface area contributed by atoms with Crippen LogP contribution in [-0.4, -0.2) is 39.0 Å². The van der Waals surface area contributed by atoms with Crippen molar-refractivity contribution in [3.05, 3.63) is 65.0 Å². The Morgan fingerprint density at radius 3 is 2.65 bits per heavy atom. The Kier molecular flexibility index (Phi) is 9.09. The van der Waals surface area contributed by atoms with Crippen LogP contribution in [0.15, 0.2) is 47.6 Å². The van der Waals surface area contributed by atoms with E-state index in [0.717, 1.165) is 17.7 Å². The number of carbonyl (C=O) groups is 2. The number of rotatable bonds is 11. The Bertz CT molecular complexity index is 1150. The van der Waals surface area contributed by atoms with E-state index in [9.17, 15) is 9.59 Å². The van der Waals surface area contributed by atoms with Crippen molar-refractivity contribution in [3.8, 4) is 5.75 Å². The van der Waals surface area contributed by atoms with Crippen molar-refractivity contribution < 1.29 is 19.1 Å². The van der Waals surface area contributed by atoms with Crippen molar-refractivity contribution in [3.63, 3.8) is 0 Å². The summed E-state index contributed by atoms with van der Waals surface area (Å²) < 4.78 is 13.1. The van der Waals surface area contributed by atoms with Gasteiger partial charge in [0.25, 0.3) is 0 Å². The Morgan fingerprint density at radius 1 is 1.09 bits per heavy atom. The SMILES string of the molecule is CCCOC(=O)c1cccc(NC(=O)CSc2nnc(COc3cccc(C)c3C)n2CC)c1. The fourth-order valence-corrected chi connectivity index (χ4v) is 4.02. The summed E-state index contributed by atoms with van der Waals surface area (Å²) in [6.45, 7) is 9.31. The number of thioether (sulfide) groups is 1. The quantitative estimate of drug-likeness (QED) is 0.310. The molecule has 0 aliphatic carbocycles. The smallest absolute Gasteiger partial charge is 0.338 e. The molecule has 8 nitrogen and oxygen atoms in total. The minimum absolute atomic E-state index is 0.153. The molecule has 0 aliphatic rings. The first-order chi connectivity index (χ1) is 16.4. The lowest BCUT2D eigenvalue weighted by molar-refractivity contribution is -0.113. The number of aryl methyl sites for hydroxylation is 1. The molecule has 0 radical (unpaired) electrons. The lowest BCUT2D eigenvalue weighted by Gasteiger charge is -2.12. The highest BCUT2D eigenvalue weighted by Gasteiger charge is 2.15. The third-order valence-electron chi connectivity index (χ3n) is 5.17. The highest BCUT2D eigenvalue weighted by atomic mass is 32.2. The number of ether oxygens (including phenoxy) is 2. The molecule has 0 spiro atoms. The molecule has 0 bridgehead atoms. The maximum Gasteiger partial charge on any atom is 0.338 e. The number of hydrogen-bond donors (Lipinski definition) is 1. The normalized spacial score (nSPS) is 10.7. The van der Waals surface area contributed by atoms with Gasteiger partial charge in [-0.25, -0.2) is 4.79 Å². The van der Waals surface area contributed by atoms with Crippen molar-refractivity contribution in [1.82, 2.24) is 14.8 Å². The molecule has 1 heterocycles. The van der Waals surface area contributed by atoms with E-state index in [4.69, 9.17) is 9.47 Å². The van der Waals surface area contributed by atoms with E-state index in [-0.39, 0.29) is 11.7 Å². The monoisotopic (exact) mass is 482 g/mol. The van der Waals surface area contributed by atoms with Crippen LogP contribution >= 0.6 is 11.8 Å². The number of nitrogens with one attached hydrogen (secondary N) is 1. The minimum Gasteiger partial charge on any atom is -0.485 e. The van der Waals surface area contributed by atoms with Gasteiger partial charge in [-0.1, -0.05) is 36.9 Å². The van der Waals surface area contributed by atoms with Crippen molar-refractivity contribution in [2.45, 2.75) is 52.4 Å². The predicted octanol–water partition coefficient (Wildman–Crippen LogP) is 4.79. The number of esters is 1. The largest absolute Gasteiger partial charge is 0.485 e. The molecule has 2 aromatic carbocycles. The summed E-state index contributed by atoms with van der Waals surface area (Å²) >= 11 is 1.30. The van der Waals surface area contributed by atoms with E-state index < -0.39 is 5.97 Å². The number of amides is 1. The molecular weight excluding hydrogens is 452 g/mol. The van der Waals surface area contributed by atoms with E-state index in [1.54, 1.807) is 24.3 Å². The summed E-state index contributed by atoms with van der Waals surface area (Å²) in [6.07, 6.45) is 0.751. The van der Waals surface area contributed by atoms with Crippen LogP contribution in [0.2, 0.25) is 0 Å². The van der Waals surface area contributed by atoms with Crippen molar-refractivity contribution in [1.29, 1.82) is 0 Å². The maximum absolute atomic E-state index is 12.5. The summed E-state index contributed by atoms with van der Waals surface area (Å²) in [7, 11) is 0. The Balaban J connectivity index is 1.57. The van der Waals surface area contributed by atoms with Gasteiger partial charge >= 0.3 is 5.97 Å². The Hall–Kier alpha value is -3.33. The minimum atomic E-state index is -0.404. The van der Waals surface area contributed by atoms with Crippen LogP contribution in [0, 0.1) is 13.8 Å². The van der Waals surface area contributed by atoms with Crippen molar-refractivity contribution in [2.75, 3.05) is 17.7 Å². The number of aromatic nitrogens is 3. The summed E-state index contributed by atoms with van der Waals surface area (Å²) in [6, 6.07) is 12.7. The topological polar surface area (TPSA) is 95.3 Å². The van der Waals surface area contributed by atoms with Crippen LogP contribution in [-0.2, 0) is 22.7 Å². The summed E-state index contributed by atoms with van der Waals surface area (Å²) in [4.78, 5) is 24.5. The molecule has 9 heteroatoms. The molecule has 0 atom stereocenters. The van der Waals surface area contributed by atoms with Gasteiger partial charge < -0.3 is 19.4 Å². The van der Waals surface area contributed by atoms with Gasteiger partial charge in [-0.15, -0.1) is 10.2 Å². The molecule has 3 aromatic rings. The highest BCUT2D eigenvalue weighted by molar-refractivity contribution is 7.99. The van der Waals surface area contributed by atoms with E-state index in [1.165, 1.54) is 17.3 Å². The van der Waals surface area contributed by atoms with E-state index in [1.807, 2.05) is 50.5 Å². The molecule has 180 valence electrons. The maximum atomic E-state index is 12.5. The number of carbonyl (C=O) groups excluding carboxylic acids is 2. The van der Waals surface area contributed by atoms with E-state index in [0.29, 0.717) is 42.0 Å². The van der Waals surface area contributed by atoms with Gasteiger partial charge in [0, 0.05) is 12.2 Å². The molecule has 0 aliphatic heterocycles. The third kappa shape index (κ3) is 6.60. The fraction of sp³-hybridized carbons (Fsp3) is 0.360. The van der Waals surface area contributed by atoms with Gasteiger partial charge in [-0.05, 0) is 62.6 Å². The average Bonchev–Trinajstić information content (AvgIpc) is 3.24. The zero-order chi connectivity index (χ0) is 24.5. The zero-order valence-electron chi connectivity index (χ0n) is 20.0. The van der Waals surface area contributed by atoms with E-state index >= 15 is 0 Å². The summed E-state index contributed by atoms with van der Waals surface area (Å²) in [5.41, 5.74) is 3.20. The van der Waals surface area contributed by atoms with Gasteiger partial charge in [0.15, 0.2) is 11.0 Å². The lowest BCUT2D eigenvalue weighted by atomic mass is 10.1. The van der Waals surface area contributed by atoms with Gasteiger partial charge in [-0.2, -0.15) is 0 Å². The number of nitrogens with zero attached hydrogens (tertiary/aromatic N) is 3. The van der Waals surface area contributed by atoms with Crippen LogP contribution in [0.1, 0.15) is 47.6 Å². The molecule has 1 aromatic heterocycles. The third-order valence-corrected chi connectivity index (χ3v) is 6.14. The molecule has 34 heavy (non-hydrogen) atoms. The molecule has 3 rings (SSSR count). The standard InChI is InChI=1S/C25H30N4O4S/c1-5-13-32-24(31)19-10-8-11-20(14-19)26-23(30)16-34-25-28-27-22(29(25)6-2)15-33-21-12-7-9-17(3)18(21)4/h7-12,14H,5-6,13,15-16H2,1-4H3,(H,26,30). The molecule has 1 N–H and O–H groups in total. The summed E-state index contributed by atoms with van der Waals surface area (Å²) in [5.74, 6) is 1.06. The average molecular weight is 483 g/mol. The van der Waals surface area contributed by atoms with E-state index in [2.05, 4.69) is 15.5 Å². The second-order valence-electron chi connectivity index (χ2n) is 7.68. The second kappa shape index (κ2) is 12.2. The van der Waals surface area contributed by atoms with Crippen LogP contribution in [0.3, 0.4) is 0 Å². The van der Waals surface area contributed by atoms with Crippen LogP contribution in [0.25, 0.3) is 0 Å². The first kappa shape index (κ1) is 25.3. The van der Waals surface area contributed by atoms with Gasteiger partial charge in [-0.3, -0.25) is 4.79 Å². The molecule has 0 saturated carbocycles. The first-order valence-electron chi connectivity index (χ1n) is 11.2. The predicted molar refractivity (Wildman–Crippen MR) is 132 cm³/mol. The Morgan fingerprint density at radius 2 is 1.88 bits per heavy atom. The summed E-state index contributed by atoms with van der Waals surface area (Å²) in [5, 5.41) is 12.0. The van der Waals surface area contributed by atoms with Crippen LogP contribution < -0.4 is 10.1 Å². The molecule has 0 saturated heterocycles. The van der Waals surface area contributed by atoms with Crippen molar-refractivity contribution in [2.24, 2.45) is 0 Å². The number of benzene rings is 2. The Labute approximate surface area is 204 Å². The van der Waals surface area contributed by atoms with Gasteiger partial charge in [0.05, 0.1) is 17.9 Å². The van der Waals surface area contributed by atoms with Gasteiger partial charge in [0.1, 0.15) is 12.4 Å². The van der Waals surface area contributed by atoms with Crippen LogP contribution in [0.4, 0.5) is 5.69 Å². The molecular formula is C25H30N4O4S. The molecule has 1 amide bonds. The molecule has 0 unspecified atom stereocenters. The van der Waals surface area contributed by atoms with Crippen LogP contribution in [0.5, 0.6) is 5.75 Å². The number of anilines is 1.